The molecular formula is C19H22Cl2N2O3S. The van der Waals surface area contributed by atoms with Crippen LogP contribution in [0.1, 0.15) is 25.8 Å². The van der Waals surface area contributed by atoms with Gasteiger partial charge in [-0.15, -0.1) is 0 Å². The van der Waals surface area contributed by atoms with Crippen LogP contribution >= 0.6 is 23.2 Å². The van der Waals surface area contributed by atoms with Gasteiger partial charge < -0.3 is 5.32 Å². The van der Waals surface area contributed by atoms with Crippen LogP contribution in [-0.4, -0.2) is 26.6 Å². The first kappa shape index (κ1) is 21.5. The van der Waals surface area contributed by atoms with E-state index in [0.29, 0.717) is 10.7 Å². The van der Waals surface area contributed by atoms with Crippen molar-refractivity contribution in [3.63, 3.8) is 0 Å². The molecule has 0 unspecified atom stereocenters. The van der Waals surface area contributed by atoms with Crippen molar-refractivity contribution in [1.82, 2.24) is 0 Å². The Morgan fingerprint density at radius 2 is 1.70 bits per heavy atom. The third kappa shape index (κ3) is 5.37. The molecule has 2 aromatic rings. The van der Waals surface area contributed by atoms with Crippen molar-refractivity contribution in [2.45, 2.75) is 32.7 Å². The van der Waals surface area contributed by atoms with E-state index < -0.39 is 22.0 Å². The lowest BCUT2D eigenvalue weighted by molar-refractivity contribution is -0.117. The average Bonchev–Trinajstić information content (AvgIpc) is 2.61. The van der Waals surface area contributed by atoms with Crippen LogP contribution in [0.3, 0.4) is 0 Å². The molecule has 0 fully saturated rings. The Kier molecular flexibility index (Phi) is 7.14. The van der Waals surface area contributed by atoms with Gasteiger partial charge in [-0.2, -0.15) is 0 Å². The van der Waals surface area contributed by atoms with Gasteiger partial charge in [0.2, 0.25) is 15.9 Å². The third-order valence-corrected chi connectivity index (χ3v) is 6.04. The summed E-state index contributed by atoms with van der Waals surface area (Å²) in [6, 6.07) is 11.0. The molecule has 0 spiro atoms. The summed E-state index contributed by atoms with van der Waals surface area (Å²) < 4.78 is 26.0. The number of hydrogen-bond acceptors (Lipinski definition) is 3. The summed E-state index contributed by atoms with van der Waals surface area (Å²) >= 11 is 12.0. The topological polar surface area (TPSA) is 66.5 Å². The summed E-state index contributed by atoms with van der Waals surface area (Å²) in [4.78, 5) is 12.8. The highest BCUT2D eigenvalue weighted by Gasteiger charge is 2.31. The fourth-order valence-electron chi connectivity index (χ4n) is 2.73. The minimum Gasteiger partial charge on any atom is -0.324 e. The van der Waals surface area contributed by atoms with E-state index in [1.165, 1.54) is 18.2 Å². The number of halogens is 2. The van der Waals surface area contributed by atoms with Crippen molar-refractivity contribution in [2.75, 3.05) is 15.9 Å². The maximum Gasteiger partial charge on any atom is 0.248 e. The molecule has 8 heteroatoms. The number of anilines is 2. The summed E-state index contributed by atoms with van der Waals surface area (Å²) in [5.41, 5.74) is 2.04. The first-order chi connectivity index (χ1) is 12.7. The van der Waals surface area contributed by atoms with Crippen LogP contribution < -0.4 is 9.62 Å². The summed E-state index contributed by atoms with van der Waals surface area (Å²) in [7, 11) is -3.74. The second kappa shape index (κ2) is 8.95. The average molecular weight is 429 g/mol. The number of hydrogen-bond donors (Lipinski definition) is 1. The van der Waals surface area contributed by atoms with Gasteiger partial charge in [0.05, 0.1) is 22.0 Å². The molecule has 0 aliphatic heterocycles. The fourth-order valence-corrected chi connectivity index (χ4v) is 4.23. The summed E-state index contributed by atoms with van der Waals surface area (Å²) in [5, 5.41) is 3.31. The number of amides is 1. The van der Waals surface area contributed by atoms with Crippen LogP contribution in [0.25, 0.3) is 0 Å². The van der Waals surface area contributed by atoms with Crippen LogP contribution in [0, 0.1) is 0 Å². The van der Waals surface area contributed by atoms with E-state index in [9.17, 15) is 13.2 Å². The molecule has 0 aliphatic rings. The molecular weight excluding hydrogens is 407 g/mol. The number of rotatable bonds is 7. The molecule has 2 aromatic carbocycles. The second-order valence-corrected chi connectivity index (χ2v) is 8.79. The van der Waals surface area contributed by atoms with E-state index in [1.54, 1.807) is 19.1 Å². The molecule has 0 bridgehead atoms. The summed E-state index contributed by atoms with van der Waals surface area (Å²) in [6.45, 7) is 3.79. The van der Waals surface area contributed by atoms with Gasteiger partial charge in [-0.25, -0.2) is 8.42 Å². The van der Waals surface area contributed by atoms with Gasteiger partial charge >= 0.3 is 0 Å². The summed E-state index contributed by atoms with van der Waals surface area (Å²) in [6.07, 6.45) is 2.23. The SMILES string of the molecule is CCc1ccc(NC(=O)[C@@H](CC)N(c2ccc(Cl)c(Cl)c2)S(C)(=O)=O)cc1. The minimum atomic E-state index is -3.74. The van der Waals surface area contributed by atoms with Gasteiger partial charge in [-0.3, -0.25) is 9.10 Å². The Hall–Kier alpha value is -1.76. The van der Waals surface area contributed by atoms with Crippen molar-refractivity contribution >= 4 is 50.5 Å². The predicted octanol–water partition coefficient (Wildman–Crippen LogP) is 4.74. The monoisotopic (exact) mass is 428 g/mol. The largest absolute Gasteiger partial charge is 0.324 e. The van der Waals surface area contributed by atoms with E-state index in [4.69, 9.17) is 23.2 Å². The van der Waals surface area contributed by atoms with Gasteiger partial charge in [-0.05, 0) is 48.7 Å². The molecule has 0 aromatic heterocycles. The van der Waals surface area contributed by atoms with Gasteiger partial charge in [0.25, 0.3) is 0 Å². The minimum absolute atomic E-state index is 0.216. The Morgan fingerprint density at radius 3 is 2.19 bits per heavy atom. The molecule has 0 aliphatic carbocycles. The van der Waals surface area contributed by atoms with E-state index in [-0.39, 0.29) is 17.1 Å². The third-order valence-electron chi connectivity index (χ3n) is 4.12. The number of nitrogens with zero attached hydrogens (tertiary/aromatic N) is 1. The number of aryl methyl sites for hydroxylation is 1. The highest BCUT2D eigenvalue weighted by atomic mass is 35.5. The van der Waals surface area contributed by atoms with Crippen molar-refractivity contribution < 1.29 is 13.2 Å². The quantitative estimate of drug-likeness (QED) is 0.692. The Balaban J connectivity index is 2.36. The van der Waals surface area contributed by atoms with Crippen LogP contribution in [0.15, 0.2) is 42.5 Å². The van der Waals surface area contributed by atoms with Gasteiger partial charge in [0.15, 0.2) is 0 Å². The van der Waals surface area contributed by atoms with E-state index in [0.717, 1.165) is 22.5 Å². The van der Waals surface area contributed by atoms with Crippen LogP contribution in [0.2, 0.25) is 10.0 Å². The number of sulfonamides is 1. The molecule has 0 heterocycles. The first-order valence-electron chi connectivity index (χ1n) is 8.51. The first-order valence-corrected chi connectivity index (χ1v) is 11.1. The van der Waals surface area contributed by atoms with Crippen molar-refractivity contribution in [1.29, 1.82) is 0 Å². The summed E-state index contributed by atoms with van der Waals surface area (Å²) in [5.74, 6) is -0.418. The Labute approximate surface area is 170 Å². The number of carbonyl (C=O) groups is 1. The lowest BCUT2D eigenvalue weighted by Crippen LogP contribution is -2.47. The molecule has 27 heavy (non-hydrogen) atoms. The molecule has 146 valence electrons. The van der Waals surface area contributed by atoms with Crippen LogP contribution in [-0.2, 0) is 21.2 Å². The number of carbonyl (C=O) groups excluding carboxylic acids is 1. The molecule has 0 saturated carbocycles. The zero-order valence-corrected chi connectivity index (χ0v) is 17.7. The molecule has 1 amide bonds. The standard InChI is InChI=1S/C19H22Cl2N2O3S/c1-4-13-6-8-14(9-7-13)22-19(24)18(5-2)23(27(3,25)26)15-10-11-16(20)17(21)12-15/h6-12,18H,4-5H2,1-3H3,(H,22,24)/t18-/m1/s1. The number of benzene rings is 2. The second-order valence-electron chi connectivity index (χ2n) is 6.12. The highest BCUT2D eigenvalue weighted by molar-refractivity contribution is 7.92. The van der Waals surface area contributed by atoms with Crippen molar-refractivity contribution in [3.05, 3.63) is 58.1 Å². The molecule has 0 saturated heterocycles. The molecule has 5 nitrogen and oxygen atoms in total. The van der Waals surface area contributed by atoms with Crippen molar-refractivity contribution in [3.8, 4) is 0 Å². The fraction of sp³-hybridized carbons (Fsp3) is 0.316. The van der Waals surface area contributed by atoms with Crippen molar-refractivity contribution in [2.24, 2.45) is 0 Å². The lowest BCUT2D eigenvalue weighted by atomic mass is 10.1. The van der Waals surface area contributed by atoms with E-state index in [1.807, 2.05) is 19.1 Å². The van der Waals surface area contributed by atoms with Gasteiger partial charge in [0, 0.05) is 5.69 Å². The molecule has 1 N–H and O–H groups in total. The smallest absolute Gasteiger partial charge is 0.248 e. The van der Waals surface area contributed by atoms with Gasteiger partial charge in [-0.1, -0.05) is 49.2 Å². The lowest BCUT2D eigenvalue weighted by Gasteiger charge is -2.30. The zero-order chi connectivity index (χ0) is 20.2. The Morgan fingerprint density at radius 1 is 1.07 bits per heavy atom. The maximum absolute atomic E-state index is 12.8. The van der Waals surface area contributed by atoms with E-state index in [2.05, 4.69) is 5.32 Å². The highest BCUT2D eigenvalue weighted by Crippen LogP contribution is 2.30. The normalized spacial score (nSPS) is 12.5. The predicted molar refractivity (Wildman–Crippen MR) is 112 cm³/mol. The zero-order valence-electron chi connectivity index (χ0n) is 15.4. The molecule has 1 atom stereocenters. The number of nitrogens with one attached hydrogen (secondary N) is 1. The van der Waals surface area contributed by atoms with Crippen LogP contribution in [0.5, 0.6) is 0 Å². The Bertz CT molecular complexity index is 915. The van der Waals surface area contributed by atoms with Gasteiger partial charge in [0.1, 0.15) is 6.04 Å². The maximum atomic E-state index is 12.8. The van der Waals surface area contributed by atoms with Crippen LogP contribution in [0.4, 0.5) is 11.4 Å². The molecule has 2 rings (SSSR count). The van der Waals surface area contributed by atoms with E-state index >= 15 is 0 Å². The molecule has 0 radical (unpaired) electrons.